The van der Waals surface area contributed by atoms with E-state index in [1.807, 2.05) is 35.2 Å². The van der Waals surface area contributed by atoms with E-state index in [0.717, 1.165) is 16.5 Å². The van der Waals surface area contributed by atoms with E-state index in [1.54, 1.807) is 36.0 Å². The summed E-state index contributed by atoms with van der Waals surface area (Å²) < 4.78 is 0. The quantitative estimate of drug-likeness (QED) is 0.784. The van der Waals surface area contributed by atoms with Crippen molar-refractivity contribution in [2.45, 2.75) is 25.9 Å². The van der Waals surface area contributed by atoms with Crippen LogP contribution in [0.15, 0.2) is 59.6 Å². The minimum absolute atomic E-state index is 0.0338. The van der Waals surface area contributed by atoms with E-state index in [2.05, 4.69) is 13.8 Å². The lowest BCUT2D eigenvalue weighted by Gasteiger charge is -2.30. The molecule has 5 heteroatoms. The third-order valence-corrected chi connectivity index (χ3v) is 5.56. The van der Waals surface area contributed by atoms with E-state index in [4.69, 9.17) is 16.6 Å². The van der Waals surface area contributed by atoms with Gasteiger partial charge in [0.05, 0.1) is 12.1 Å². The second-order valence-electron chi connectivity index (χ2n) is 6.33. The fraction of sp³-hybridized carbons (Fsp3) is 0.263. The zero-order chi connectivity index (χ0) is 17.2. The zero-order valence-corrected chi connectivity index (χ0v) is 15.3. The van der Waals surface area contributed by atoms with Gasteiger partial charge >= 0.3 is 0 Å². The van der Waals surface area contributed by atoms with Crippen LogP contribution in [0.4, 0.5) is 0 Å². The van der Waals surface area contributed by atoms with Gasteiger partial charge in [0.15, 0.2) is 5.17 Å². The van der Waals surface area contributed by atoms with E-state index < -0.39 is 0 Å². The van der Waals surface area contributed by atoms with Crippen molar-refractivity contribution in [1.82, 2.24) is 4.90 Å². The number of hydrogen-bond acceptors (Lipinski definition) is 3. The topological polar surface area (TPSA) is 32.7 Å². The van der Waals surface area contributed by atoms with Gasteiger partial charge in [0, 0.05) is 16.3 Å². The molecule has 0 N–H and O–H groups in total. The van der Waals surface area contributed by atoms with E-state index in [9.17, 15) is 4.79 Å². The standard InChI is InChI=1S/C19H19ClN2OS/c1-19(2)13-24-18(21-12-14-6-4-3-5-7-14)22(19)17(23)15-8-10-16(20)11-9-15/h3-11H,12-13H2,1-2H3. The Balaban J connectivity index is 1.86. The van der Waals surface area contributed by atoms with Gasteiger partial charge in [-0.25, -0.2) is 0 Å². The van der Waals surface area contributed by atoms with Gasteiger partial charge in [-0.05, 0) is 43.7 Å². The molecule has 1 fully saturated rings. The van der Waals surface area contributed by atoms with Crippen LogP contribution < -0.4 is 0 Å². The molecule has 0 atom stereocenters. The average Bonchev–Trinajstić information content (AvgIpc) is 2.88. The maximum absolute atomic E-state index is 13.0. The lowest BCUT2D eigenvalue weighted by Crippen LogP contribution is -2.46. The highest BCUT2D eigenvalue weighted by molar-refractivity contribution is 8.14. The normalized spacial score (nSPS) is 18.1. The van der Waals surface area contributed by atoms with Gasteiger partial charge in [-0.1, -0.05) is 53.7 Å². The highest BCUT2D eigenvalue weighted by Gasteiger charge is 2.41. The number of hydrogen-bond donors (Lipinski definition) is 0. The third kappa shape index (κ3) is 3.65. The number of amides is 1. The fourth-order valence-corrected chi connectivity index (χ4v) is 3.92. The van der Waals surface area contributed by atoms with Crippen molar-refractivity contribution < 1.29 is 4.79 Å². The van der Waals surface area contributed by atoms with E-state index in [1.165, 1.54) is 0 Å². The molecular weight excluding hydrogens is 340 g/mol. The van der Waals surface area contributed by atoms with Crippen LogP contribution in [-0.2, 0) is 6.54 Å². The van der Waals surface area contributed by atoms with Gasteiger partial charge in [0.25, 0.3) is 5.91 Å². The van der Waals surface area contributed by atoms with Crippen LogP contribution in [0.25, 0.3) is 0 Å². The van der Waals surface area contributed by atoms with Gasteiger partial charge in [-0.15, -0.1) is 0 Å². The molecular formula is C19H19ClN2OS. The number of aliphatic imine (C=N–C) groups is 1. The number of carbonyl (C=O) groups is 1. The van der Waals surface area contributed by atoms with Gasteiger partial charge in [-0.2, -0.15) is 0 Å². The van der Waals surface area contributed by atoms with Crippen LogP contribution in [0.5, 0.6) is 0 Å². The summed E-state index contributed by atoms with van der Waals surface area (Å²) in [5.41, 5.74) is 1.49. The van der Waals surface area contributed by atoms with Crippen molar-refractivity contribution in [2.75, 3.05) is 5.75 Å². The first kappa shape index (κ1) is 17.1. The Bertz CT molecular complexity index is 757. The van der Waals surface area contributed by atoms with Crippen molar-refractivity contribution in [3.63, 3.8) is 0 Å². The fourth-order valence-electron chi connectivity index (χ4n) is 2.57. The van der Waals surface area contributed by atoms with Gasteiger partial charge in [0.1, 0.15) is 0 Å². The van der Waals surface area contributed by atoms with Crippen molar-refractivity contribution >= 4 is 34.4 Å². The molecule has 2 aromatic rings. The summed E-state index contributed by atoms with van der Waals surface area (Å²) in [4.78, 5) is 19.5. The van der Waals surface area contributed by atoms with Crippen LogP contribution in [0.1, 0.15) is 29.8 Å². The second-order valence-corrected chi connectivity index (χ2v) is 7.71. The van der Waals surface area contributed by atoms with Crippen LogP contribution in [0.3, 0.4) is 0 Å². The minimum atomic E-state index is -0.267. The summed E-state index contributed by atoms with van der Waals surface area (Å²) in [6.07, 6.45) is 0. The number of amidine groups is 1. The smallest absolute Gasteiger partial charge is 0.260 e. The molecule has 0 unspecified atom stereocenters. The number of halogens is 1. The predicted molar refractivity (Wildman–Crippen MR) is 102 cm³/mol. The molecule has 0 radical (unpaired) electrons. The highest BCUT2D eigenvalue weighted by atomic mass is 35.5. The van der Waals surface area contributed by atoms with Crippen LogP contribution in [0, 0.1) is 0 Å². The molecule has 1 saturated heterocycles. The number of nitrogens with zero attached hydrogens (tertiary/aromatic N) is 2. The van der Waals surface area contributed by atoms with E-state index >= 15 is 0 Å². The molecule has 1 aliphatic heterocycles. The van der Waals surface area contributed by atoms with E-state index in [-0.39, 0.29) is 11.4 Å². The molecule has 1 amide bonds. The highest BCUT2D eigenvalue weighted by Crippen LogP contribution is 2.34. The summed E-state index contributed by atoms with van der Waals surface area (Å²) in [7, 11) is 0. The molecule has 24 heavy (non-hydrogen) atoms. The van der Waals surface area contributed by atoms with Crippen LogP contribution >= 0.6 is 23.4 Å². The first-order chi connectivity index (χ1) is 11.5. The van der Waals surface area contributed by atoms with Crippen molar-refractivity contribution in [1.29, 1.82) is 0 Å². The molecule has 0 aliphatic carbocycles. The molecule has 2 aromatic carbocycles. The van der Waals surface area contributed by atoms with E-state index in [0.29, 0.717) is 17.1 Å². The monoisotopic (exact) mass is 358 g/mol. The molecule has 124 valence electrons. The lowest BCUT2D eigenvalue weighted by atomic mass is 10.0. The lowest BCUT2D eigenvalue weighted by molar-refractivity contribution is 0.0766. The summed E-state index contributed by atoms with van der Waals surface area (Å²) in [6, 6.07) is 17.1. The molecule has 0 bridgehead atoms. The molecule has 1 heterocycles. The Morgan fingerprint density at radius 1 is 1.17 bits per heavy atom. The first-order valence-corrected chi connectivity index (χ1v) is 9.15. The number of carbonyl (C=O) groups excluding carboxylic acids is 1. The molecule has 0 spiro atoms. The Kier molecular flexibility index (Phi) is 4.97. The van der Waals surface area contributed by atoms with Crippen LogP contribution in [0.2, 0.25) is 5.02 Å². The third-order valence-electron chi connectivity index (χ3n) is 3.89. The molecule has 1 aliphatic rings. The Morgan fingerprint density at radius 3 is 2.50 bits per heavy atom. The van der Waals surface area contributed by atoms with Crippen molar-refractivity contribution in [2.24, 2.45) is 4.99 Å². The molecule has 3 nitrogen and oxygen atoms in total. The predicted octanol–water partition coefficient (Wildman–Crippen LogP) is 4.86. The Hall–Kier alpha value is -1.78. The Labute approximate surface area is 151 Å². The summed E-state index contributed by atoms with van der Waals surface area (Å²) in [6.45, 7) is 4.71. The number of benzene rings is 2. The SMILES string of the molecule is CC1(C)CSC(=NCc2ccccc2)N1C(=O)c1ccc(Cl)cc1. The molecule has 0 aromatic heterocycles. The summed E-state index contributed by atoms with van der Waals surface area (Å²) >= 11 is 7.56. The summed E-state index contributed by atoms with van der Waals surface area (Å²) in [5, 5.41) is 1.41. The first-order valence-electron chi connectivity index (χ1n) is 7.79. The van der Waals surface area contributed by atoms with Gasteiger partial charge in [-0.3, -0.25) is 14.7 Å². The zero-order valence-electron chi connectivity index (χ0n) is 13.7. The maximum Gasteiger partial charge on any atom is 0.260 e. The van der Waals surface area contributed by atoms with Gasteiger partial charge in [0.2, 0.25) is 0 Å². The summed E-state index contributed by atoms with van der Waals surface area (Å²) in [5.74, 6) is 0.799. The number of rotatable bonds is 3. The van der Waals surface area contributed by atoms with Gasteiger partial charge < -0.3 is 0 Å². The number of thioether (sulfide) groups is 1. The van der Waals surface area contributed by atoms with Crippen LogP contribution in [-0.4, -0.2) is 27.3 Å². The molecule has 0 saturated carbocycles. The second kappa shape index (κ2) is 6.99. The van der Waals surface area contributed by atoms with Crippen molar-refractivity contribution in [3.05, 3.63) is 70.7 Å². The Morgan fingerprint density at radius 2 is 1.83 bits per heavy atom. The minimum Gasteiger partial charge on any atom is -0.281 e. The largest absolute Gasteiger partial charge is 0.281 e. The molecule has 3 rings (SSSR count). The van der Waals surface area contributed by atoms with Crippen molar-refractivity contribution in [3.8, 4) is 0 Å². The maximum atomic E-state index is 13.0. The average molecular weight is 359 g/mol.